The number of carbonyl (C=O) groups is 1. The van der Waals surface area contributed by atoms with Crippen LogP contribution >= 0.6 is 0 Å². The largest absolute Gasteiger partial charge is 0.494 e. The zero-order valence-corrected chi connectivity index (χ0v) is 18.4. The summed E-state index contributed by atoms with van der Waals surface area (Å²) in [6, 6.07) is 22.3. The summed E-state index contributed by atoms with van der Waals surface area (Å²) in [6.07, 6.45) is 0.662. The van der Waals surface area contributed by atoms with Crippen LogP contribution < -0.4 is 19.5 Å². The molecule has 3 aromatic rings. The van der Waals surface area contributed by atoms with Crippen molar-refractivity contribution in [3.05, 3.63) is 83.9 Å². The molecule has 3 rings (SSSR count). The molecule has 0 unspecified atom stereocenters. The van der Waals surface area contributed by atoms with E-state index < -0.39 is 12.0 Å². The van der Waals surface area contributed by atoms with E-state index in [0.717, 1.165) is 5.75 Å². The molecule has 1 atom stereocenters. The van der Waals surface area contributed by atoms with Crippen LogP contribution in [0.3, 0.4) is 0 Å². The maximum atomic E-state index is 12.0. The van der Waals surface area contributed by atoms with E-state index in [-0.39, 0.29) is 0 Å². The minimum Gasteiger partial charge on any atom is -0.494 e. The van der Waals surface area contributed by atoms with Crippen LogP contribution in [0.2, 0.25) is 0 Å². The van der Waals surface area contributed by atoms with Crippen molar-refractivity contribution in [1.82, 2.24) is 0 Å². The third kappa shape index (κ3) is 7.18. The number of para-hydroxylation sites is 1. The van der Waals surface area contributed by atoms with Gasteiger partial charge in [-0.15, -0.1) is 0 Å². The predicted octanol–water partition coefficient (Wildman–Crippen LogP) is 5.04. The maximum absolute atomic E-state index is 12.0. The molecule has 0 heterocycles. The summed E-state index contributed by atoms with van der Waals surface area (Å²) >= 11 is 0. The molecular formula is C26H26N2O5. The highest BCUT2D eigenvalue weighted by molar-refractivity contribution is 5.79. The van der Waals surface area contributed by atoms with Crippen molar-refractivity contribution in [1.29, 1.82) is 5.26 Å². The van der Waals surface area contributed by atoms with Gasteiger partial charge in [-0.3, -0.25) is 0 Å². The van der Waals surface area contributed by atoms with Gasteiger partial charge in [0.2, 0.25) is 0 Å². The van der Waals surface area contributed by atoms with Gasteiger partial charge in [-0.2, -0.15) is 5.26 Å². The van der Waals surface area contributed by atoms with Gasteiger partial charge in [0.25, 0.3) is 0 Å². The summed E-state index contributed by atoms with van der Waals surface area (Å²) < 4.78 is 17.2. The molecule has 0 fully saturated rings. The first kappa shape index (κ1) is 23.5. The first-order valence-electron chi connectivity index (χ1n) is 10.7. The lowest BCUT2D eigenvalue weighted by Gasteiger charge is -2.19. The average molecular weight is 447 g/mol. The number of carboxylic acid groups (broad SMARTS) is 1. The summed E-state index contributed by atoms with van der Waals surface area (Å²) in [6.45, 7) is 3.20. The summed E-state index contributed by atoms with van der Waals surface area (Å²) in [5, 5.41) is 21.8. The molecule has 0 amide bonds. The van der Waals surface area contributed by atoms with Crippen LogP contribution in [0.4, 0.5) is 5.69 Å². The van der Waals surface area contributed by atoms with E-state index in [1.54, 1.807) is 42.5 Å². The fourth-order valence-electron chi connectivity index (χ4n) is 3.14. The van der Waals surface area contributed by atoms with E-state index in [2.05, 4.69) is 5.32 Å². The predicted molar refractivity (Wildman–Crippen MR) is 125 cm³/mol. The van der Waals surface area contributed by atoms with Gasteiger partial charge in [0.15, 0.2) is 6.04 Å². The van der Waals surface area contributed by atoms with Gasteiger partial charge in [0, 0.05) is 18.2 Å². The van der Waals surface area contributed by atoms with Crippen molar-refractivity contribution in [2.24, 2.45) is 0 Å². The number of aliphatic carboxylic acids is 1. The summed E-state index contributed by atoms with van der Waals surface area (Å²) in [4.78, 5) is 12.0. The van der Waals surface area contributed by atoms with Gasteiger partial charge in [0.1, 0.15) is 17.2 Å². The van der Waals surface area contributed by atoms with Crippen molar-refractivity contribution in [2.45, 2.75) is 19.4 Å². The van der Waals surface area contributed by atoms with Crippen LogP contribution in [0.15, 0.2) is 72.8 Å². The fraction of sp³-hybridized carbons (Fsp3) is 0.231. The lowest BCUT2D eigenvalue weighted by Crippen LogP contribution is -2.20. The number of hydrogen-bond donors (Lipinski definition) is 2. The summed E-state index contributed by atoms with van der Waals surface area (Å²) in [5.41, 5.74) is 1.58. The summed E-state index contributed by atoms with van der Waals surface area (Å²) in [7, 11) is 0. The third-order valence-corrected chi connectivity index (χ3v) is 4.69. The van der Waals surface area contributed by atoms with E-state index >= 15 is 0 Å². The van der Waals surface area contributed by atoms with E-state index in [0.29, 0.717) is 54.6 Å². The average Bonchev–Trinajstić information content (AvgIpc) is 2.83. The topological polar surface area (TPSA) is 101 Å². The first-order valence-corrected chi connectivity index (χ1v) is 10.7. The van der Waals surface area contributed by atoms with Gasteiger partial charge in [-0.25, -0.2) is 4.79 Å². The highest BCUT2D eigenvalue weighted by Gasteiger charge is 2.21. The molecule has 0 saturated carbocycles. The monoisotopic (exact) mass is 446 g/mol. The minimum atomic E-state index is -1.05. The van der Waals surface area contributed by atoms with Crippen molar-refractivity contribution in [3.8, 4) is 23.3 Å². The van der Waals surface area contributed by atoms with Crippen molar-refractivity contribution in [3.63, 3.8) is 0 Å². The Bertz CT molecular complexity index is 1080. The molecule has 0 aliphatic rings. The zero-order valence-electron chi connectivity index (χ0n) is 18.4. The highest BCUT2D eigenvalue weighted by atomic mass is 16.5. The number of nitriles is 1. The van der Waals surface area contributed by atoms with Crippen molar-refractivity contribution >= 4 is 11.7 Å². The van der Waals surface area contributed by atoms with Gasteiger partial charge >= 0.3 is 5.97 Å². The molecule has 0 aliphatic heterocycles. The molecule has 0 spiro atoms. The van der Waals surface area contributed by atoms with E-state index in [1.165, 1.54) is 0 Å². The van der Waals surface area contributed by atoms with Crippen LogP contribution in [0, 0.1) is 11.3 Å². The molecule has 2 N–H and O–H groups in total. The smallest absolute Gasteiger partial charge is 0.330 e. The molecule has 7 heteroatoms. The minimum absolute atomic E-state index is 0.405. The molecule has 170 valence electrons. The number of nitrogens with zero attached hydrogens (tertiary/aromatic N) is 1. The second-order valence-corrected chi connectivity index (χ2v) is 7.14. The normalized spacial score (nSPS) is 11.2. The van der Waals surface area contributed by atoms with Crippen molar-refractivity contribution in [2.75, 3.05) is 25.1 Å². The molecule has 3 aromatic carbocycles. The number of nitrogens with one attached hydrogen (secondary N) is 1. The number of rotatable bonds is 12. The van der Waals surface area contributed by atoms with Crippen LogP contribution in [0.25, 0.3) is 0 Å². The third-order valence-electron chi connectivity index (χ3n) is 4.69. The quantitative estimate of drug-likeness (QED) is 0.376. The molecule has 0 saturated heterocycles. The van der Waals surface area contributed by atoms with Crippen LogP contribution in [0.1, 0.15) is 30.5 Å². The molecule has 0 aliphatic carbocycles. The highest BCUT2D eigenvalue weighted by Crippen LogP contribution is 2.29. The fourth-order valence-corrected chi connectivity index (χ4v) is 3.14. The van der Waals surface area contributed by atoms with Gasteiger partial charge in [-0.05, 0) is 61.0 Å². The standard InChI is InChI=1S/C26H26N2O5/c1-2-31-23-15-20(25(26(29)30)28-21-11-9-19(18-27)10-12-21)16-24(17-23)33-14-6-13-32-22-7-4-3-5-8-22/h3-5,7-12,15-17,25,28H,2,6,13-14H2,1H3,(H,29,30)/t25-/m1/s1. The Balaban J connectivity index is 1.68. The van der Waals surface area contributed by atoms with E-state index in [4.69, 9.17) is 19.5 Å². The lowest BCUT2D eigenvalue weighted by molar-refractivity contribution is -0.138. The Hall–Kier alpha value is -4.18. The Kier molecular flexibility index (Phi) is 8.55. The van der Waals surface area contributed by atoms with Crippen molar-refractivity contribution < 1.29 is 24.1 Å². The maximum Gasteiger partial charge on any atom is 0.330 e. The number of carboxylic acids is 1. The number of hydrogen-bond acceptors (Lipinski definition) is 6. The van der Waals surface area contributed by atoms with Gasteiger partial charge in [-0.1, -0.05) is 18.2 Å². The molecule has 0 bridgehead atoms. The van der Waals surface area contributed by atoms with E-state index in [9.17, 15) is 9.90 Å². The number of ether oxygens (including phenoxy) is 3. The molecular weight excluding hydrogens is 420 g/mol. The second kappa shape index (κ2) is 12.0. The number of anilines is 1. The Morgan fingerprint density at radius 2 is 1.58 bits per heavy atom. The number of benzene rings is 3. The Morgan fingerprint density at radius 3 is 2.18 bits per heavy atom. The Morgan fingerprint density at radius 1 is 0.939 bits per heavy atom. The van der Waals surface area contributed by atoms with E-state index in [1.807, 2.05) is 43.3 Å². The lowest BCUT2D eigenvalue weighted by atomic mass is 10.1. The van der Waals surface area contributed by atoms with Crippen LogP contribution in [-0.2, 0) is 4.79 Å². The van der Waals surface area contributed by atoms with Crippen LogP contribution in [0.5, 0.6) is 17.2 Å². The zero-order chi connectivity index (χ0) is 23.5. The van der Waals surface area contributed by atoms with Gasteiger partial charge < -0.3 is 24.6 Å². The molecule has 33 heavy (non-hydrogen) atoms. The SMILES string of the molecule is CCOc1cc(OCCCOc2ccccc2)cc([C@@H](Nc2ccc(C#N)cc2)C(=O)O)c1. The molecule has 0 aromatic heterocycles. The first-order chi connectivity index (χ1) is 16.1. The van der Waals surface area contributed by atoms with Crippen LogP contribution in [-0.4, -0.2) is 30.9 Å². The van der Waals surface area contributed by atoms with Gasteiger partial charge in [0.05, 0.1) is 31.5 Å². The molecule has 7 nitrogen and oxygen atoms in total. The Labute approximate surface area is 193 Å². The molecule has 0 radical (unpaired) electrons. The second-order valence-electron chi connectivity index (χ2n) is 7.14. The summed E-state index contributed by atoms with van der Waals surface area (Å²) in [5.74, 6) is 0.800.